The van der Waals surface area contributed by atoms with Crippen LogP contribution in [0.25, 0.3) is 0 Å². The molecular formula is C9H14N2S. The Labute approximate surface area is 77.2 Å². The largest absolute Gasteiger partial charge is 0.348 e. The van der Waals surface area contributed by atoms with E-state index in [1.807, 2.05) is 11.6 Å². The molecule has 1 saturated carbocycles. The molecule has 12 heavy (non-hydrogen) atoms. The summed E-state index contributed by atoms with van der Waals surface area (Å²) in [5.74, 6) is 0.916. The van der Waals surface area contributed by atoms with Gasteiger partial charge < -0.3 is 4.90 Å². The molecule has 0 spiro atoms. The lowest BCUT2D eigenvalue weighted by Gasteiger charge is -2.23. The highest BCUT2D eigenvalue weighted by molar-refractivity contribution is 7.13. The summed E-state index contributed by atoms with van der Waals surface area (Å²) in [7, 11) is 2.14. The number of anilines is 1. The molecule has 0 saturated heterocycles. The summed E-state index contributed by atoms with van der Waals surface area (Å²) >= 11 is 1.72. The van der Waals surface area contributed by atoms with Crippen LogP contribution in [-0.2, 0) is 0 Å². The van der Waals surface area contributed by atoms with Gasteiger partial charge in [0.25, 0.3) is 0 Å². The second-order valence-electron chi connectivity index (χ2n) is 3.50. The second-order valence-corrected chi connectivity index (χ2v) is 4.38. The summed E-state index contributed by atoms with van der Waals surface area (Å²) in [6, 6.07) is 0.663. The summed E-state index contributed by atoms with van der Waals surface area (Å²) in [4.78, 5) is 6.59. The van der Waals surface area contributed by atoms with Gasteiger partial charge >= 0.3 is 0 Å². The molecule has 1 fully saturated rings. The highest BCUT2D eigenvalue weighted by atomic mass is 32.1. The van der Waals surface area contributed by atoms with Crippen molar-refractivity contribution in [3.63, 3.8) is 0 Å². The molecule has 0 amide bonds. The molecule has 1 aromatic heterocycles. The SMILES string of the molecule is CC(C1CC1)N(C)c1nccs1. The van der Waals surface area contributed by atoms with Crippen molar-refractivity contribution in [2.45, 2.75) is 25.8 Å². The number of rotatable bonds is 3. The monoisotopic (exact) mass is 182 g/mol. The fourth-order valence-electron chi connectivity index (χ4n) is 1.46. The number of aromatic nitrogens is 1. The van der Waals surface area contributed by atoms with E-state index in [9.17, 15) is 0 Å². The fourth-order valence-corrected chi connectivity index (χ4v) is 2.16. The van der Waals surface area contributed by atoms with Crippen molar-refractivity contribution in [1.29, 1.82) is 0 Å². The molecule has 0 aliphatic heterocycles. The number of thiazole rings is 1. The van der Waals surface area contributed by atoms with E-state index < -0.39 is 0 Å². The van der Waals surface area contributed by atoms with Gasteiger partial charge in [0, 0.05) is 24.7 Å². The van der Waals surface area contributed by atoms with E-state index in [4.69, 9.17) is 0 Å². The van der Waals surface area contributed by atoms with E-state index >= 15 is 0 Å². The molecule has 66 valence electrons. The third-order valence-corrected chi connectivity index (χ3v) is 3.50. The minimum absolute atomic E-state index is 0.663. The number of hydrogen-bond donors (Lipinski definition) is 0. The quantitative estimate of drug-likeness (QED) is 0.713. The molecule has 3 heteroatoms. The van der Waals surface area contributed by atoms with Crippen LogP contribution in [0.2, 0.25) is 0 Å². The molecule has 1 atom stereocenters. The lowest BCUT2D eigenvalue weighted by atomic mass is 10.2. The van der Waals surface area contributed by atoms with Crippen molar-refractivity contribution in [3.05, 3.63) is 11.6 Å². The standard InChI is InChI=1S/C9H14N2S/c1-7(8-3-4-8)11(2)9-10-5-6-12-9/h5-8H,3-4H2,1-2H3. The van der Waals surface area contributed by atoms with Gasteiger partial charge in [0.15, 0.2) is 5.13 Å². The first-order valence-electron chi connectivity index (χ1n) is 4.41. The first-order chi connectivity index (χ1) is 5.79. The zero-order valence-electron chi connectivity index (χ0n) is 7.53. The summed E-state index contributed by atoms with van der Waals surface area (Å²) in [5.41, 5.74) is 0. The summed E-state index contributed by atoms with van der Waals surface area (Å²) < 4.78 is 0. The highest BCUT2D eigenvalue weighted by Gasteiger charge is 2.31. The van der Waals surface area contributed by atoms with Crippen LogP contribution in [0.15, 0.2) is 11.6 Å². The maximum atomic E-state index is 4.29. The van der Waals surface area contributed by atoms with Gasteiger partial charge in [-0.1, -0.05) is 0 Å². The first-order valence-corrected chi connectivity index (χ1v) is 5.29. The molecule has 2 nitrogen and oxygen atoms in total. The number of hydrogen-bond acceptors (Lipinski definition) is 3. The maximum absolute atomic E-state index is 4.29. The van der Waals surface area contributed by atoms with Crippen molar-refractivity contribution in [2.24, 2.45) is 5.92 Å². The molecule has 2 rings (SSSR count). The molecule has 0 aromatic carbocycles. The van der Waals surface area contributed by atoms with Crippen LogP contribution < -0.4 is 4.90 Å². The lowest BCUT2D eigenvalue weighted by Crippen LogP contribution is -2.30. The molecule has 1 aliphatic rings. The Morgan fingerprint density at radius 3 is 2.92 bits per heavy atom. The molecule has 0 radical (unpaired) electrons. The normalized spacial score (nSPS) is 19.2. The van der Waals surface area contributed by atoms with Crippen molar-refractivity contribution in [3.8, 4) is 0 Å². The minimum Gasteiger partial charge on any atom is -0.348 e. The van der Waals surface area contributed by atoms with Crippen molar-refractivity contribution >= 4 is 16.5 Å². The van der Waals surface area contributed by atoms with Crippen LogP contribution in [0.5, 0.6) is 0 Å². The van der Waals surface area contributed by atoms with Crippen LogP contribution in [0.3, 0.4) is 0 Å². The predicted molar refractivity (Wildman–Crippen MR) is 52.7 cm³/mol. The average Bonchev–Trinajstić information content (AvgIpc) is 2.79. The van der Waals surface area contributed by atoms with Gasteiger partial charge in [-0.15, -0.1) is 11.3 Å². The van der Waals surface area contributed by atoms with Crippen LogP contribution in [-0.4, -0.2) is 18.1 Å². The topological polar surface area (TPSA) is 16.1 Å². The second kappa shape index (κ2) is 3.05. The van der Waals surface area contributed by atoms with Crippen molar-refractivity contribution in [1.82, 2.24) is 4.98 Å². The number of nitrogens with zero attached hydrogens (tertiary/aromatic N) is 2. The van der Waals surface area contributed by atoms with E-state index in [1.165, 1.54) is 12.8 Å². The van der Waals surface area contributed by atoms with Gasteiger partial charge in [-0.3, -0.25) is 0 Å². The van der Waals surface area contributed by atoms with Crippen molar-refractivity contribution < 1.29 is 0 Å². The molecular weight excluding hydrogens is 168 g/mol. The molecule has 1 aromatic rings. The van der Waals surface area contributed by atoms with E-state index in [0.717, 1.165) is 11.0 Å². The van der Waals surface area contributed by atoms with E-state index in [0.29, 0.717) is 6.04 Å². The molecule has 1 aliphatic carbocycles. The zero-order valence-corrected chi connectivity index (χ0v) is 8.34. The molecule has 0 bridgehead atoms. The van der Waals surface area contributed by atoms with Crippen LogP contribution in [0.4, 0.5) is 5.13 Å². The highest BCUT2D eigenvalue weighted by Crippen LogP contribution is 2.36. The first kappa shape index (κ1) is 8.05. The van der Waals surface area contributed by atoms with Gasteiger partial charge in [-0.25, -0.2) is 4.98 Å². The molecule has 1 unspecified atom stereocenters. The third kappa shape index (κ3) is 1.46. The smallest absolute Gasteiger partial charge is 0.185 e. The molecule has 0 N–H and O–H groups in total. The van der Waals surface area contributed by atoms with Gasteiger partial charge in [0.05, 0.1) is 0 Å². The summed E-state index contributed by atoms with van der Waals surface area (Å²) in [6.07, 6.45) is 4.67. The Morgan fingerprint density at radius 1 is 1.67 bits per heavy atom. The maximum Gasteiger partial charge on any atom is 0.185 e. The summed E-state index contributed by atoms with van der Waals surface area (Å²) in [6.45, 7) is 2.29. The van der Waals surface area contributed by atoms with Crippen molar-refractivity contribution in [2.75, 3.05) is 11.9 Å². The minimum atomic E-state index is 0.663. The Hall–Kier alpha value is -0.570. The Balaban J connectivity index is 2.03. The predicted octanol–water partition coefficient (Wildman–Crippen LogP) is 2.38. The summed E-state index contributed by atoms with van der Waals surface area (Å²) in [5, 5.41) is 3.18. The van der Waals surface area contributed by atoms with Crippen LogP contribution in [0, 0.1) is 5.92 Å². The Kier molecular flexibility index (Phi) is 2.05. The zero-order chi connectivity index (χ0) is 8.55. The fraction of sp³-hybridized carbons (Fsp3) is 0.667. The van der Waals surface area contributed by atoms with Gasteiger partial charge in [0.1, 0.15) is 0 Å². The van der Waals surface area contributed by atoms with E-state index in [2.05, 4.69) is 23.9 Å². The van der Waals surface area contributed by atoms with Gasteiger partial charge in [0.2, 0.25) is 0 Å². The lowest BCUT2D eigenvalue weighted by molar-refractivity contribution is 0.608. The van der Waals surface area contributed by atoms with E-state index in [1.54, 1.807) is 11.3 Å². The van der Waals surface area contributed by atoms with Gasteiger partial charge in [-0.2, -0.15) is 0 Å². The van der Waals surface area contributed by atoms with E-state index in [-0.39, 0.29) is 0 Å². The van der Waals surface area contributed by atoms with Crippen LogP contribution in [0.1, 0.15) is 19.8 Å². The Bertz CT molecular complexity index is 241. The average molecular weight is 182 g/mol. The van der Waals surface area contributed by atoms with Gasteiger partial charge in [-0.05, 0) is 25.7 Å². The Morgan fingerprint density at radius 2 is 2.42 bits per heavy atom. The third-order valence-electron chi connectivity index (χ3n) is 2.64. The molecule has 1 heterocycles. The van der Waals surface area contributed by atoms with Crippen LogP contribution >= 0.6 is 11.3 Å².